The second-order valence-corrected chi connectivity index (χ2v) is 11.8. The number of benzene rings is 3. The summed E-state index contributed by atoms with van der Waals surface area (Å²) in [4.78, 5) is 28.6. The number of halogens is 2. The summed E-state index contributed by atoms with van der Waals surface area (Å²) in [6.45, 7) is 5.55. The molecule has 0 radical (unpaired) electrons. The highest BCUT2D eigenvalue weighted by Crippen LogP contribution is 2.27. The summed E-state index contributed by atoms with van der Waals surface area (Å²) >= 11 is 12.6. The maximum atomic E-state index is 14.0. The zero-order valence-electron chi connectivity index (χ0n) is 22.2. The van der Waals surface area contributed by atoms with Crippen molar-refractivity contribution in [2.45, 2.75) is 51.1 Å². The number of nitrogens with one attached hydrogen (secondary N) is 1. The molecule has 7 nitrogen and oxygen atoms in total. The van der Waals surface area contributed by atoms with Crippen LogP contribution in [0.1, 0.15) is 37.8 Å². The fourth-order valence-corrected chi connectivity index (χ4v) is 5.88. The molecule has 0 aliphatic carbocycles. The molecule has 2 amide bonds. The van der Waals surface area contributed by atoms with E-state index < -0.39 is 28.5 Å². The molecule has 0 aliphatic heterocycles. The van der Waals surface area contributed by atoms with Gasteiger partial charge >= 0.3 is 0 Å². The maximum absolute atomic E-state index is 14.0. The van der Waals surface area contributed by atoms with E-state index in [1.165, 1.54) is 23.1 Å². The smallest absolute Gasteiger partial charge is 0.264 e. The molecule has 10 heteroatoms. The number of hydrogen-bond donors (Lipinski definition) is 1. The van der Waals surface area contributed by atoms with E-state index in [4.69, 9.17) is 23.2 Å². The summed E-state index contributed by atoms with van der Waals surface area (Å²) in [5, 5.41) is 3.62. The lowest BCUT2D eigenvalue weighted by atomic mass is 10.1. The van der Waals surface area contributed by atoms with Crippen molar-refractivity contribution in [1.82, 2.24) is 10.2 Å². The summed E-state index contributed by atoms with van der Waals surface area (Å²) in [7, 11) is -4.16. The fraction of sp³-hybridized carbons (Fsp3) is 0.310. The van der Waals surface area contributed by atoms with E-state index in [9.17, 15) is 18.0 Å². The number of rotatable bonds is 12. The molecule has 0 unspecified atom stereocenters. The Morgan fingerprint density at radius 1 is 0.949 bits per heavy atom. The average Bonchev–Trinajstić information content (AvgIpc) is 2.91. The third-order valence-electron chi connectivity index (χ3n) is 6.22. The third-order valence-corrected chi connectivity index (χ3v) is 8.61. The molecule has 0 fully saturated rings. The second kappa shape index (κ2) is 13.8. The van der Waals surface area contributed by atoms with Gasteiger partial charge < -0.3 is 10.2 Å². The SMILES string of the molecule is CCCNC(=O)[C@@H](CC)N(Cc1ccccc1Cl)C(=O)CN(c1cccc(Cl)c1)S(=O)(=O)c1ccc(C)cc1. The number of carbonyl (C=O) groups is 2. The minimum absolute atomic E-state index is 0.0323. The Labute approximate surface area is 240 Å². The Kier molecular flexibility index (Phi) is 10.8. The van der Waals surface area contributed by atoms with Crippen molar-refractivity contribution >= 4 is 50.7 Å². The molecule has 0 aliphatic rings. The van der Waals surface area contributed by atoms with Gasteiger partial charge in [0.15, 0.2) is 0 Å². The van der Waals surface area contributed by atoms with Gasteiger partial charge in [0, 0.05) is 23.1 Å². The van der Waals surface area contributed by atoms with E-state index in [1.54, 1.807) is 61.5 Å². The summed E-state index contributed by atoms with van der Waals surface area (Å²) in [6, 6.07) is 18.9. The molecule has 0 saturated carbocycles. The van der Waals surface area contributed by atoms with Crippen molar-refractivity contribution in [3.8, 4) is 0 Å². The van der Waals surface area contributed by atoms with Crippen LogP contribution in [0.3, 0.4) is 0 Å². The highest BCUT2D eigenvalue weighted by molar-refractivity contribution is 7.92. The molecule has 0 saturated heterocycles. The number of amides is 2. The maximum Gasteiger partial charge on any atom is 0.264 e. The topological polar surface area (TPSA) is 86.8 Å². The van der Waals surface area contributed by atoms with E-state index in [0.29, 0.717) is 28.6 Å². The molecule has 3 aromatic carbocycles. The van der Waals surface area contributed by atoms with Crippen molar-refractivity contribution in [3.05, 3.63) is 94.0 Å². The third kappa shape index (κ3) is 7.75. The normalized spacial score (nSPS) is 12.0. The van der Waals surface area contributed by atoms with E-state index in [2.05, 4.69) is 5.32 Å². The quantitative estimate of drug-likeness (QED) is 0.288. The molecule has 3 aromatic rings. The van der Waals surface area contributed by atoms with Crippen molar-refractivity contribution in [3.63, 3.8) is 0 Å². The van der Waals surface area contributed by atoms with Crippen molar-refractivity contribution in [1.29, 1.82) is 0 Å². The molecule has 0 heterocycles. The van der Waals surface area contributed by atoms with Crippen molar-refractivity contribution in [2.24, 2.45) is 0 Å². The highest BCUT2D eigenvalue weighted by Gasteiger charge is 2.34. The van der Waals surface area contributed by atoms with Gasteiger partial charge in [-0.05, 0) is 61.7 Å². The largest absolute Gasteiger partial charge is 0.354 e. The average molecular weight is 591 g/mol. The first-order valence-corrected chi connectivity index (χ1v) is 14.9. The van der Waals surface area contributed by atoms with Crippen LogP contribution in [0, 0.1) is 6.92 Å². The first-order valence-electron chi connectivity index (χ1n) is 12.7. The van der Waals surface area contributed by atoms with Crippen LogP contribution in [-0.2, 0) is 26.2 Å². The van der Waals surface area contributed by atoms with Crippen LogP contribution in [0.25, 0.3) is 0 Å². The van der Waals surface area contributed by atoms with Crippen LogP contribution in [0.5, 0.6) is 0 Å². The number of aryl methyl sites for hydroxylation is 1. The van der Waals surface area contributed by atoms with Crippen molar-refractivity contribution < 1.29 is 18.0 Å². The number of nitrogens with zero attached hydrogens (tertiary/aromatic N) is 2. The molecule has 208 valence electrons. The number of hydrogen-bond acceptors (Lipinski definition) is 4. The zero-order valence-corrected chi connectivity index (χ0v) is 24.6. The van der Waals surface area contributed by atoms with Crippen LogP contribution < -0.4 is 9.62 Å². The fourth-order valence-electron chi connectivity index (χ4n) is 4.09. The lowest BCUT2D eigenvalue weighted by Gasteiger charge is -2.33. The molecule has 39 heavy (non-hydrogen) atoms. The highest BCUT2D eigenvalue weighted by atomic mass is 35.5. The van der Waals surface area contributed by atoms with Crippen molar-refractivity contribution in [2.75, 3.05) is 17.4 Å². The summed E-state index contributed by atoms with van der Waals surface area (Å²) < 4.78 is 28.7. The van der Waals surface area contributed by atoms with Gasteiger partial charge in [-0.1, -0.05) is 79.0 Å². The Bertz CT molecular complexity index is 1400. The Hall–Kier alpha value is -3.07. The van der Waals surface area contributed by atoms with Gasteiger partial charge in [-0.3, -0.25) is 13.9 Å². The Morgan fingerprint density at radius 2 is 1.64 bits per heavy atom. The van der Waals surface area contributed by atoms with Crippen LogP contribution in [-0.4, -0.2) is 44.3 Å². The van der Waals surface area contributed by atoms with Gasteiger partial charge in [0.1, 0.15) is 12.6 Å². The first kappa shape index (κ1) is 30.5. The summed E-state index contributed by atoms with van der Waals surface area (Å²) in [5.74, 6) is -0.862. The molecular weight excluding hydrogens is 557 g/mol. The standard InChI is InChI=1S/C29H33Cl2N3O4S/c1-4-17-32-29(36)27(5-2)33(19-22-9-6-7-12-26(22)31)28(35)20-34(24-11-8-10-23(30)18-24)39(37,38)25-15-13-21(3)14-16-25/h6-16,18,27H,4-5,17,19-20H2,1-3H3,(H,32,36)/t27-/m1/s1. The Morgan fingerprint density at radius 3 is 2.26 bits per heavy atom. The van der Waals surface area contributed by atoms with Gasteiger partial charge in [0.25, 0.3) is 10.0 Å². The number of anilines is 1. The van der Waals surface area contributed by atoms with Gasteiger partial charge in [-0.2, -0.15) is 0 Å². The van der Waals surface area contributed by atoms with Gasteiger partial charge in [-0.15, -0.1) is 0 Å². The van der Waals surface area contributed by atoms with E-state index in [-0.39, 0.29) is 23.0 Å². The molecule has 0 bridgehead atoms. The zero-order chi connectivity index (χ0) is 28.6. The molecule has 0 aromatic heterocycles. The lowest BCUT2D eigenvalue weighted by molar-refractivity contribution is -0.140. The van der Waals surface area contributed by atoms with Gasteiger partial charge in [0.2, 0.25) is 11.8 Å². The monoisotopic (exact) mass is 589 g/mol. The molecule has 1 atom stereocenters. The van der Waals surface area contributed by atoms with E-state index >= 15 is 0 Å². The number of carbonyl (C=O) groups excluding carboxylic acids is 2. The summed E-state index contributed by atoms with van der Waals surface area (Å²) in [6.07, 6.45) is 1.06. The van der Waals surface area contributed by atoms with Gasteiger partial charge in [-0.25, -0.2) is 8.42 Å². The van der Waals surface area contributed by atoms with Crippen LogP contribution >= 0.6 is 23.2 Å². The first-order chi connectivity index (χ1) is 18.6. The molecule has 3 rings (SSSR count). The predicted molar refractivity (Wildman–Crippen MR) is 157 cm³/mol. The summed E-state index contributed by atoms with van der Waals surface area (Å²) in [5.41, 5.74) is 1.77. The number of sulfonamides is 1. The minimum Gasteiger partial charge on any atom is -0.354 e. The molecule has 1 N–H and O–H groups in total. The molecular formula is C29H33Cl2N3O4S. The Balaban J connectivity index is 2.06. The van der Waals surface area contributed by atoms with Crippen LogP contribution in [0.2, 0.25) is 10.0 Å². The lowest BCUT2D eigenvalue weighted by Crippen LogP contribution is -2.52. The van der Waals surface area contributed by atoms with Crippen LogP contribution in [0.4, 0.5) is 5.69 Å². The van der Waals surface area contributed by atoms with Crippen LogP contribution in [0.15, 0.2) is 77.7 Å². The van der Waals surface area contributed by atoms with Gasteiger partial charge in [0.05, 0.1) is 10.6 Å². The molecule has 0 spiro atoms. The minimum atomic E-state index is -4.16. The second-order valence-electron chi connectivity index (χ2n) is 9.13. The van der Waals surface area contributed by atoms with E-state index in [0.717, 1.165) is 16.3 Å². The predicted octanol–water partition coefficient (Wildman–Crippen LogP) is 5.83. The van der Waals surface area contributed by atoms with E-state index in [1.807, 2.05) is 13.8 Å².